The fourth-order valence-electron chi connectivity index (χ4n) is 1.40. The average Bonchev–Trinajstić information content (AvgIpc) is 2.29. The summed E-state index contributed by atoms with van der Waals surface area (Å²) in [5, 5.41) is 0. The minimum absolute atomic E-state index is 1.11. The molecule has 1 aromatic heterocycles. The minimum atomic E-state index is 1.11. The van der Waals surface area contributed by atoms with Gasteiger partial charge in [-0.1, -0.05) is 38.8 Å². The first-order valence-electron chi connectivity index (χ1n) is 5.91. The lowest BCUT2D eigenvalue weighted by atomic mass is 10.0. The first kappa shape index (κ1) is 12.0. The molecule has 1 heterocycles. The number of hydrogen-bond donors (Lipinski definition) is 0. The van der Waals surface area contributed by atoms with E-state index in [4.69, 9.17) is 0 Å². The molecule has 1 aliphatic carbocycles. The summed E-state index contributed by atoms with van der Waals surface area (Å²) in [5.41, 5.74) is 3.66. The van der Waals surface area contributed by atoms with E-state index in [2.05, 4.69) is 43.1 Å². The smallest absolute Gasteiger partial charge is 0.0661 e. The van der Waals surface area contributed by atoms with E-state index in [1.165, 1.54) is 18.4 Å². The molecule has 0 saturated heterocycles. The quantitative estimate of drug-likeness (QED) is 0.668. The molecule has 0 N–H and O–H groups in total. The topological polar surface area (TPSA) is 12.9 Å². The van der Waals surface area contributed by atoms with Crippen LogP contribution in [0, 0.1) is 6.92 Å². The third-order valence-corrected chi connectivity index (χ3v) is 2.51. The van der Waals surface area contributed by atoms with E-state index in [-0.39, 0.29) is 0 Å². The van der Waals surface area contributed by atoms with Gasteiger partial charge in [-0.2, -0.15) is 0 Å². The van der Waals surface area contributed by atoms with Crippen LogP contribution in [0.4, 0.5) is 0 Å². The number of unbranched alkanes of at least 4 members (excludes halogenated alkanes) is 1. The van der Waals surface area contributed by atoms with Crippen molar-refractivity contribution in [2.45, 2.75) is 46.5 Å². The summed E-state index contributed by atoms with van der Waals surface area (Å²) in [4.78, 5) is 4.43. The second kappa shape index (κ2) is 6.39. The van der Waals surface area contributed by atoms with Gasteiger partial charge in [0.05, 0.1) is 5.69 Å². The summed E-state index contributed by atoms with van der Waals surface area (Å²) < 4.78 is 0. The van der Waals surface area contributed by atoms with Crippen molar-refractivity contribution in [3.63, 3.8) is 0 Å². The van der Waals surface area contributed by atoms with E-state index in [1.807, 2.05) is 6.92 Å². The zero-order chi connectivity index (χ0) is 11.1. The third kappa shape index (κ3) is 3.86. The van der Waals surface area contributed by atoms with Crippen LogP contribution in [0.1, 0.15) is 50.1 Å². The van der Waals surface area contributed by atoms with E-state index in [1.54, 1.807) is 0 Å². The Bertz CT molecular complexity index is 324. The summed E-state index contributed by atoms with van der Waals surface area (Å²) in [5.74, 6) is 0. The Labute approximate surface area is 93.2 Å². The van der Waals surface area contributed by atoms with Crippen LogP contribution < -0.4 is 0 Å². The third-order valence-electron chi connectivity index (χ3n) is 2.51. The fraction of sp³-hybridized carbons (Fsp3) is 0.500. The van der Waals surface area contributed by atoms with Crippen molar-refractivity contribution in [1.82, 2.24) is 4.98 Å². The van der Waals surface area contributed by atoms with Gasteiger partial charge in [0.2, 0.25) is 0 Å². The largest absolute Gasteiger partial charge is 0.253 e. The Morgan fingerprint density at radius 1 is 1.20 bits per heavy atom. The van der Waals surface area contributed by atoms with Crippen molar-refractivity contribution in [3.8, 4) is 0 Å². The summed E-state index contributed by atoms with van der Waals surface area (Å²) in [6, 6.07) is 4.26. The van der Waals surface area contributed by atoms with Crippen LogP contribution in [0.15, 0.2) is 18.2 Å². The molecule has 0 radical (unpaired) electrons. The van der Waals surface area contributed by atoms with Crippen LogP contribution in [-0.4, -0.2) is 4.98 Å². The molecule has 0 aliphatic heterocycles. The van der Waals surface area contributed by atoms with Gasteiger partial charge in [0.15, 0.2) is 0 Å². The molecule has 0 saturated carbocycles. The van der Waals surface area contributed by atoms with E-state index in [0.717, 1.165) is 24.2 Å². The SMILES string of the molecule is CCCC.Cc1ccc2c(n1)C=CCC2. The summed E-state index contributed by atoms with van der Waals surface area (Å²) in [6.45, 7) is 6.39. The van der Waals surface area contributed by atoms with Gasteiger partial charge in [-0.25, -0.2) is 0 Å². The van der Waals surface area contributed by atoms with Gasteiger partial charge in [0.1, 0.15) is 0 Å². The summed E-state index contributed by atoms with van der Waals surface area (Å²) in [7, 11) is 0. The molecule has 2 rings (SSSR count). The maximum atomic E-state index is 4.43. The van der Waals surface area contributed by atoms with Crippen LogP contribution in [0.5, 0.6) is 0 Å². The predicted octanol–water partition coefficient (Wildman–Crippen LogP) is 4.16. The Morgan fingerprint density at radius 3 is 2.60 bits per heavy atom. The normalized spacial score (nSPS) is 12.7. The molecule has 15 heavy (non-hydrogen) atoms. The van der Waals surface area contributed by atoms with Crippen molar-refractivity contribution in [1.29, 1.82) is 0 Å². The highest BCUT2D eigenvalue weighted by molar-refractivity contribution is 5.52. The van der Waals surface area contributed by atoms with E-state index in [9.17, 15) is 0 Å². The lowest BCUT2D eigenvalue weighted by Crippen LogP contribution is -1.97. The monoisotopic (exact) mass is 203 g/mol. The second-order valence-electron chi connectivity index (χ2n) is 3.94. The molecule has 1 heteroatoms. The molecular formula is C14H21N. The number of aromatic nitrogens is 1. The zero-order valence-corrected chi connectivity index (χ0v) is 10.1. The van der Waals surface area contributed by atoms with Gasteiger partial charge in [0, 0.05) is 5.69 Å². The average molecular weight is 203 g/mol. The Hall–Kier alpha value is -1.11. The molecule has 82 valence electrons. The van der Waals surface area contributed by atoms with Crippen molar-refractivity contribution < 1.29 is 0 Å². The Balaban J connectivity index is 0.000000245. The molecule has 0 aromatic carbocycles. The molecule has 0 atom stereocenters. The van der Waals surface area contributed by atoms with Gasteiger partial charge in [0.25, 0.3) is 0 Å². The number of aryl methyl sites for hydroxylation is 2. The van der Waals surface area contributed by atoms with Crippen molar-refractivity contribution >= 4 is 6.08 Å². The molecule has 0 amide bonds. The lowest BCUT2D eigenvalue weighted by Gasteiger charge is -2.08. The van der Waals surface area contributed by atoms with Gasteiger partial charge < -0.3 is 0 Å². The molecule has 1 aromatic rings. The fourth-order valence-corrected chi connectivity index (χ4v) is 1.40. The van der Waals surface area contributed by atoms with Crippen LogP contribution in [-0.2, 0) is 6.42 Å². The number of pyridine rings is 1. The molecular weight excluding hydrogens is 182 g/mol. The van der Waals surface area contributed by atoms with Gasteiger partial charge >= 0.3 is 0 Å². The van der Waals surface area contributed by atoms with Crippen LogP contribution >= 0.6 is 0 Å². The number of allylic oxidation sites excluding steroid dienone is 1. The van der Waals surface area contributed by atoms with Gasteiger partial charge in [-0.15, -0.1) is 0 Å². The molecule has 1 nitrogen and oxygen atoms in total. The van der Waals surface area contributed by atoms with E-state index in [0.29, 0.717) is 0 Å². The molecule has 0 bridgehead atoms. The summed E-state index contributed by atoms with van der Waals surface area (Å²) in [6.07, 6.45) is 9.26. The zero-order valence-electron chi connectivity index (χ0n) is 10.1. The first-order valence-corrected chi connectivity index (χ1v) is 5.91. The minimum Gasteiger partial charge on any atom is -0.253 e. The highest BCUT2D eigenvalue weighted by atomic mass is 14.7. The lowest BCUT2D eigenvalue weighted by molar-refractivity contribution is 0.886. The summed E-state index contributed by atoms with van der Waals surface area (Å²) >= 11 is 0. The second-order valence-corrected chi connectivity index (χ2v) is 3.94. The van der Waals surface area contributed by atoms with Gasteiger partial charge in [-0.3, -0.25) is 4.98 Å². The maximum Gasteiger partial charge on any atom is 0.0661 e. The van der Waals surface area contributed by atoms with E-state index < -0.39 is 0 Å². The number of fused-ring (bicyclic) bond motifs is 1. The van der Waals surface area contributed by atoms with E-state index >= 15 is 0 Å². The standard InChI is InChI=1S/C10H11N.C4H10/c1-8-6-7-9-4-2-3-5-10(9)11-8;1-3-4-2/h3,5-7H,2,4H2,1H3;3-4H2,1-2H3. The van der Waals surface area contributed by atoms with Crippen LogP contribution in [0.2, 0.25) is 0 Å². The Kier molecular flexibility index (Phi) is 5.09. The molecule has 0 fully saturated rings. The first-order chi connectivity index (χ1) is 7.27. The Morgan fingerprint density at radius 2 is 1.93 bits per heavy atom. The highest BCUT2D eigenvalue weighted by Gasteiger charge is 2.03. The van der Waals surface area contributed by atoms with Crippen molar-refractivity contribution in [2.24, 2.45) is 0 Å². The predicted molar refractivity (Wildman–Crippen MR) is 66.9 cm³/mol. The van der Waals surface area contributed by atoms with Crippen molar-refractivity contribution in [3.05, 3.63) is 35.2 Å². The molecule has 0 spiro atoms. The van der Waals surface area contributed by atoms with Crippen LogP contribution in [0.25, 0.3) is 6.08 Å². The molecule has 1 aliphatic rings. The highest BCUT2D eigenvalue weighted by Crippen LogP contribution is 2.16. The maximum absolute atomic E-state index is 4.43. The van der Waals surface area contributed by atoms with Crippen molar-refractivity contribution in [2.75, 3.05) is 0 Å². The number of nitrogens with zero attached hydrogens (tertiary/aromatic N) is 1. The molecule has 0 unspecified atom stereocenters. The van der Waals surface area contributed by atoms with Gasteiger partial charge in [-0.05, 0) is 37.5 Å². The van der Waals surface area contributed by atoms with Crippen LogP contribution in [0.3, 0.4) is 0 Å². The number of rotatable bonds is 1. The number of hydrogen-bond acceptors (Lipinski definition) is 1.